The zero-order chi connectivity index (χ0) is 12.1. The average molecular weight is 232 g/mol. The monoisotopic (exact) mass is 232 g/mol. The van der Waals surface area contributed by atoms with Crippen molar-refractivity contribution in [3.8, 4) is 5.75 Å². The fourth-order valence-electron chi connectivity index (χ4n) is 2.28. The zero-order valence-corrected chi connectivity index (χ0v) is 10.4. The van der Waals surface area contributed by atoms with Gasteiger partial charge < -0.3 is 9.84 Å². The molecule has 2 nitrogen and oxygen atoms in total. The number of aryl methyl sites for hydroxylation is 1. The minimum atomic E-state index is -0.250. The fraction of sp³-hybridized carbons (Fsp3) is 0.467. The highest BCUT2D eigenvalue weighted by Gasteiger charge is 2.13. The Kier molecular flexibility index (Phi) is 4.21. The summed E-state index contributed by atoms with van der Waals surface area (Å²) in [5.74, 6) is 0.882. The minimum absolute atomic E-state index is 0.250. The van der Waals surface area contributed by atoms with Gasteiger partial charge in [-0.25, -0.2) is 0 Å². The van der Waals surface area contributed by atoms with Crippen molar-refractivity contribution in [1.82, 2.24) is 0 Å². The summed E-state index contributed by atoms with van der Waals surface area (Å²) < 4.78 is 5.12. The van der Waals surface area contributed by atoms with E-state index in [-0.39, 0.29) is 6.10 Å². The molecule has 1 N–H and O–H groups in total. The van der Waals surface area contributed by atoms with Gasteiger partial charge in [-0.3, -0.25) is 0 Å². The van der Waals surface area contributed by atoms with Crippen molar-refractivity contribution in [3.05, 3.63) is 41.5 Å². The summed E-state index contributed by atoms with van der Waals surface area (Å²) >= 11 is 0. The highest BCUT2D eigenvalue weighted by Crippen LogP contribution is 2.23. The lowest BCUT2D eigenvalue weighted by atomic mass is 10.0. The molecule has 0 radical (unpaired) electrons. The van der Waals surface area contributed by atoms with E-state index < -0.39 is 0 Å². The lowest BCUT2D eigenvalue weighted by Crippen LogP contribution is -2.10. The Morgan fingerprint density at radius 3 is 2.65 bits per heavy atom. The molecule has 1 aliphatic rings. The molecule has 1 aromatic carbocycles. The first-order chi connectivity index (χ1) is 8.29. The van der Waals surface area contributed by atoms with E-state index in [0.717, 1.165) is 31.4 Å². The number of allylic oxidation sites excluding steroid dienone is 1. The molecule has 1 atom stereocenters. The molecule has 17 heavy (non-hydrogen) atoms. The molecule has 0 saturated carbocycles. The van der Waals surface area contributed by atoms with Crippen molar-refractivity contribution < 1.29 is 9.84 Å². The van der Waals surface area contributed by atoms with Crippen LogP contribution < -0.4 is 4.74 Å². The van der Waals surface area contributed by atoms with Crippen molar-refractivity contribution in [3.63, 3.8) is 0 Å². The summed E-state index contributed by atoms with van der Waals surface area (Å²) in [6.45, 7) is 0. The predicted molar refractivity (Wildman–Crippen MR) is 69.3 cm³/mol. The van der Waals surface area contributed by atoms with E-state index in [9.17, 15) is 5.11 Å². The van der Waals surface area contributed by atoms with Crippen LogP contribution in [0.1, 0.15) is 31.2 Å². The second kappa shape index (κ2) is 5.87. The normalized spacial score (nSPS) is 16.7. The Bertz CT molecular complexity index is 378. The van der Waals surface area contributed by atoms with Crippen molar-refractivity contribution >= 4 is 0 Å². The first-order valence-electron chi connectivity index (χ1n) is 6.29. The zero-order valence-electron chi connectivity index (χ0n) is 10.4. The van der Waals surface area contributed by atoms with Gasteiger partial charge in [0.25, 0.3) is 0 Å². The lowest BCUT2D eigenvalue weighted by molar-refractivity contribution is 0.198. The summed E-state index contributed by atoms with van der Waals surface area (Å²) in [6.07, 6.45) is 7.09. The number of aliphatic hydroxyl groups excluding tert-OH is 1. The first-order valence-corrected chi connectivity index (χ1v) is 6.29. The number of methoxy groups -OCH3 is 1. The third-order valence-electron chi connectivity index (χ3n) is 3.37. The van der Waals surface area contributed by atoms with Crippen molar-refractivity contribution in [2.24, 2.45) is 0 Å². The van der Waals surface area contributed by atoms with Gasteiger partial charge in [-0.05, 0) is 55.4 Å². The molecule has 0 aromatic heterocycles. The third kappa shape index (κ3) is 3.34. The molecule has 1 aliphatic carbocycles. The van der Waals surface area contributed by atoms with Crippen LogP contribution in [0.2, 0.25) is 0 Å². The van der Waals surface area contributed by atoms with Gasteiger partial charge in [0.15, 0.2) is 0 Å². The van der Waals surface area contributed by atoms with Gasteiger partial charge in [0.05, 0.1) is 13.2 Å². The van der Waals surface area contributed by atoms with Crippen LogP contribution in [-0.2, 0) is 6.42 Å². The maximum atomic E-state index is 10.0. The molecule has 0 spiro atoms. The third-order valence-corrected chi connectivity index (χ3v) is 3.37. The number of hydrogen-bond donors (Lipinski definition) is 1. The molecule has 0 heterocycles. The van der Waals surface area contributed by atoms with Gasteiger partial charge in [0.1, 0.15) is 5.75 Å². The Morgan fingerprint density at radius 2 is 2.06 bits per heavy atom. The fourth-order valence-corrected chi connectivity index (χ4v) is 2.28. The van der Waals surface area contributed by atoms with Crippen LogP contribution in [0.3, 0.4) is 0 Å². The molecule has 92 valence electrons. The van der Waals surface area contributed by atoms with Crippen LogP contribution in [0.5, 0.6) is 5.75 Å². The molecule has 0 bridgehead atoms. The number of rotatable bonds is 5. The second-order valence-electron chi connectivity index (χ2n) is 4.57. The molecule has 0 amide bonds. The van der Waals surface area contributed by atoms with E-state index in [2.05, 4.69) is 18.2 Å². The molecule has 2 rings (SSSR count). The number of ether oxygens (including phenoxy) is 1. The van der Waals surface area contributed by atoms with E-state index >= 15 is 0 Å². The Hall–Kier alpha value is -1.28. The summed E-state index contributed by atoms with van der Waals surface area (Å²) in [5, 5.41) is 10.0. The smallest absolute Gasteiger partial charge is 0.118 e. The molecule has 0 aliphatic heterocycles. The molecule has 2 heteroatoms. The molecule has 0 saturated heterocycles. The van der Waals surface area contributed by atoms with E-state index in [1.54, 1.807) is 7.11 Å². The van der Waals surface area contributed by atoms with Gasteiger partial charge in [-0.2, -0.15) is 0 Å². The SMILES string of the molecule is COc1ccc(CCC(O)C2=CCCC2)cc1. The number of hydrogen-bond acceptors (Lipinski definition) is 2. The quantitative estimate of drug-likeness (QED) is 0.790. The Labute approximate surface area is 103 Å². The highest BCUT2D eigenvalue weighted by molar-refractivity contribution is 5.27. The molecule has 0 fully saturated rings. The van der Waals surface area contributed by atoms with Gasteiger partial charge in [-0.1, -0.05) is 18.2 Å². The standard InChI is InChI=1S/C15H20O2/c1-17-14-9-6-12(7-10-14)8-11-15(16)13-4-2-3-5-13/h4,6-7,9-10,15-16H,2-3,5,8,11H2,1H3. The van der Waals surface area contributed by atoms with E-state index in [0.29, 0.717) is 0 Å². The number of benzene rings is 1. The lowest BCUT2D eigenvalue weighted by Gasteiger charge is -2.12. The summed E-state index contributed by atoms with van der Waals surface area (Å²) in [5.41, 5.74) is 2.49. The summed E-state index contributed by atoms with van der Waals surface area (Å²) in [6, 6.07) is 8.07. The van der Waals surface area contributed by atoms with Crippen molar-refractivity contribution in [2.75, 3.05) is 7.11 Å². The Morgan fingerprint density at radius 1 is 1.29 bits per heavy atom. The predicted octanol–water partition coefficient (Wildman–Crippen LogP) is 3.10. The molecular formula is C15H20O2. The molecule has 1 unspecified atom stereocenters. The van der Waals surface area contributed by atoms with Crippen LogP contribution >= 0.6 is 0 Å². The maximum Gasteiger partial charge on any atom is 0.118 e. The largest absolute Gasteiger partial charge is 0.497 e. The molecular weight excluding hydrogens is 212 g/mol. The first kappa shape index (κ1) is 12.2. The van der Waals surface area contributed by atoms with Gasteiger partial charge in [0.2, 0.25) is 0 Å². The topological polar surface area (TPSA) is 29.5 Å². The average Bonchev–Trinajstić information content (AvgIpc) is 2.90. The van der Waals surface area contributed by atoms with E-state index in [1.165, 1.54) is 17.6 Å². The van der Waals surface area contributed by atoms with E-state index in [4.69, 9.17) is 4.74 Å². The van der Waals surface area contributed by atoms with Gasteiger partial charge in [0, 0.05) is 0 Å². The van der Waals surface area contributed by atoms with Crippen molar-refractivity contribution in [2.45, 2.75) is 38.2 Å². The second-order valence-corrected chi connectivity index (χ2v) is 4.57. The van der Waals surface area contributed by atoms with Crippen LogP contribution in [0.4, 0.5) is 0 Å². The van der Waals surface area contributed by atoms with Crippen LogP contribution in [0, 0.1) is 0 Å². The maximum absolute atomic E-state index is 10.0. The highest BCUT2D eigenvalue weighted by atomic mass is 16.5. The van der Waals surface area contributed by atoms with Gasteiger partial charge in [-0.15, -0.1) is 0 Å². The van der Waals surface area contributed by atoms with Crippen LogP contribution in [0.25, 0.3) is 0 Å². The van der Waals surface area contributed by atoms with Crippen LogP contribution in [-0.4, -0.2) is 18.3 Å². The molecule has 1 aromatic rings. The van der Waals surface area contributed by atoms with Crippen molar-refractivity contribution in [1.29, 1.82) is 0 Å². The minimum Gasteiger partial charge on any atom is -0.497 e. The van der Waals surface area contributed by atoms with E-state index in [1.807, 2.05) is 12.1 Å². The summed E-state index contributed by atoms with van der Waals surface area (Å²) in [4.78, 5) is 0. The summed E-state index contributed by atoms with van der Waals surface area (Å²) in [7, 11) is 1.67. The number of aliphatic hydroxyl groups is 1. The van der Waals surface area contributed by atoms with Gasteiger partial charge >= 0.3 is 0 Å². The Balaban J connectivity index is 1.84. The van der Waals surface area contributed by atoms with Crippen LogP contribution in [0.15, 0.2) is 35.9 Å².